The minimum absolute atomic E-state index is 0.409. The van der Waals surface area contributed by atoms with Gasteiger partial charge in [-0.05, 0) is 69.2 Å². The van der Waals surface area contributed by atoms with Crippen LogP contribution in [0.2, 0.25) is 5.02 Å². The smallest absolute Gasteiger partial charge is 0.314 e. The summed E-state index contributed by atoms with van der Waals surface area (Å²) >= 11 is 6.17. The molecule has 0 saturated heterocycles. The van der Waals surface area contributed by atoms with E-state index in [1.807, 2.05) is 32.0 Å². The Morgan fingerprint density at radius 3 is 2.08 bits per heavy atom. The summed E-state index contributed by atoms with van der Waals surface area (Å²) in [6.07, 6.45) is 0. The summed E-state index contributed by atoms with van der Waals surface area (Å²) in [6.45, 7) is 9.73. The summed E-state index contributed by atoms with van der Waals surface area (Å²) in [4.78, 5) is 26.5. The zero-order valence-electron chi connectivity index (χ0n) is 15.5. The molecule has 5 nitrogen and oxygen atoms in total. The van der Waals surface area contributed by atoms with E-state index in [-0.39, 0.29) is 0 Å². The lowest BCUT2D eigenvalue weighted by Gasteiger charge is -2.21. The second-order valence-electron chi connectivity index (χ2n) is 6.07. The van der Waals surface area contributed by atoms with Gasteiger partial charge in [-0.15, -0.1) is 0 Å². The molecular formula is C20H24ClN3O2. The Hall–Kier alpha value is -2.53. The third kappa shape index (κ3) is 4.76. The minimum Gasteiger partial charge on any atom is -0.372 e. The van der Waals surface area contributed by atoms with E-state index in [2.05, 4.69) is 29.4 Å². The molecule has 6 heteroatoms. The van der Waals surface area contributed by atoms with Crippen LogP contribution in [0.5, 0.6) is 0 Å². The van der Waals surface area contributed by atoms with Crippen molar-refractivity contribution in [3.05, 3.63) is 52.5 Å². The van der Waals surface area contributed by atoms with Gasteiger partial charge in [-0.2, -0.15) is 0 Å². The molecule has 0 fully saturated rings. The molecule has 0 aromatic heterocycles. The normalized spacial score (nSPS) is 10.3. The largest absolute Gasteiger partial charge is 0.372 e. The van der Waals surface area contributed by atoms with Crippen LogP contribution < -0.4 is 15.5 Å². The Morgan fingerprint density at radius 2 is 1.54 bits per heavy atom. The van der Waals surface area contributed by atoms with Gasteiger partial charge in [0.25, 0.3) is 0 Å². The van der Waals surface area contributed by atoms with Crippen LogP contribution in [0.15, 0.2) is 36.4 Å². The first kappa shape index (κ1) is 19.8. The number of rotatable bonds is 5. The van der Waals surface area contributed by atoms with E-state index in [0.29, 0.717) is 16.4 Å². The van der Waals surface area contributed by atoms with Crippen LogP contribution in [-0.4, -0.2) is 24.9 Å². The van der Waals surface area contributed by atoms with E-state index in [9.17, 15) is 9.59 Å². The summed E-state index contributed by atoms with van der Waals surface area (Å²) in [5, 5.41) is 5.59. The first-order valence-electron chi connectivity index (χ1n) is 8.59. The van der Waals surface area contributed by atoms with Gasteiger partial charge in [0, 0.05) is 24.5 Å². The quantitative estimate of drug-likeness (QED) is 0.764. The molecule has 0 aliphatic heterocycles. The van der Waals surface area contributed by atoms with E-state index in [0.717, 1.165) is 29.9 Å². The maximum Gasteiger partial charge on any atom is 0.314 e. The molecule has 0 aliphatic carbocycles. The average Bonchev–Trinajstić information content (AvgIpc) is 2.60. The predicted molar refractivity (Wildman–Crippen MR) is 108 cm³/mol. The van der Waals surface area contributed by atoms with Crippen molar-refractivity contribution in [1.82, 2.24) is 0 Å². The Morgan fingerprint density at radius 1 is 0.962 bits per heavy atom. The van der Waals surface area contributed by atoms with Crippen LogP contribution in [0.25, 0.3) is 0 Å². The maximum absolute atomic E-state index is 12.2. The lowest BCUT2D eigenvalue weighted by atomic mass is 10.1. The highest BCUT2D eigenvalue weighted by Gasteiger charge is 2.17. The molecule has 0 bridgehead atoms. The highest BCUT2D eigenvalue weighted by atomic mass is 35.5. The van der Waals surface area contributed by atoms with Crippen LogP contribution in [-0.2, 0) is 9.59 Å². The highest BCUT2D eigenvalue weighted by molar-refractivity contribution is 6.45. The zero-order chi connectivity index (χ0) is 19.3. The molecule has 2 N–H and O–H groups in total. The van der Waals surface area contributed by atoms with Gasteiger partial charge in [-0.1, -0.05) is 17.7 Å². The van der Waals surface area contributed by atoms with Crippen molar-refractivity contribution < 1.29 is 9.59 Å². The lowest BCUT2D eigenvalue weighted by Crippen LogP contribution is -2.29. The van der Waals surface area contributed by atoms with Gasteiger partial charge in [0.15, 0.2) is 0 Å². The summed E-state index contributed by atoms with van der Waals surface area (Å²) in [5.74, 6) is -1.50. The van der Waals surface area contributed by atoms with Gasteiger partial charge in [-0.3, -0.25) is 9.59 Å². The van der Waals surface area contributed by atoms with Gasteiger partial charge >= 0.3 is 11.8 Å². The number of nitrogens with one attached hydrogen (secondary N) is 2. The monoisotopic (exact) mass is 373 g/mol. The van der Waals surface area contributed by atoms with Crippen molar-refractivity contribution in [2.75, 3.05) is 28.6 Å². The van der Waals surface area contributed by atoms with E-state index < -0.39 is 11.8 Å². The standard InChI is InChI=1S/C20H24ClN3O2/c1-5-24(6-2)16-9-7-15(8-10-16)22-19(25)20(26)23-18-14(4)11-13(3)12-17(18)21/h7-12H,5-6H2,1-4H3,(H,22,25)(H,23,26). The van der Waals surface area contributed by atoms with Crippen molar-refractivity contribution >= 4 is 40.5 Å². The number of carbonyl (C=O) groups is 2. The molecule has 138 valence electrons. The molecule has 2 rings (SSSR count). The van der Waals surface area contributed by atoms with Crippen molar-refractivity contribution in [3.63, 3.8) is 0 Å². The molecular weight excluding hydrogens is 350 g/mol. The van der Waals surface area contributed by atoms with Gasteiger partial charge in [0.05, 0.1) is 10.7 Å². The Bertz CT molecular complexity index is 776. The topological polar surface area (TPSA) is 61.4 Å². The van der Waals surface area contributed by atoms with Gasteiger partial charge < -0.3 is 15.5 Å². The minimum atomic E-state index is -0.758. The SMILES string of the molecule is CCN(CC)c1ccc(NC(=O)C(=O)Nc2c(C)cc(C)cc2Cl)cc1. The van der Waals surface area contributed by atoms with Crippen molar-refractivity contribution in [1.29, 1.82) is 0 Å². The van der Waals surface area contributed by atoms with E-state index in [1.54, 1.807) is 18.2 Å². The fourth-order valence-corrected chi connectivity index (χ4v) is 3.14. The van der Waals surface area contributed by atoms with Crippen LogP contribution in [0.4, 0.5) is 17.1 Å². The molecule has 0 aliphatic rings. The van der Waals surface area contributed by atoms with Gasteiger partial charge in [0.1, 0.15) is 0 Å². The molecule has 0 spiro atoms. The molecule has 0 saturated carbocycles. The second-order valence-corrected chi connectivity index (χ2v) is 6.47. The number of carbonyl (C=O) groups excluding carboxylic acids is 2. The molecule has 0 atom stereocenters. The highest BCUT2D eigenvalue weighted by Crippen LogP contribution is 2.27. The van der Waals surface area contributed by atoms with Crippen LogP contribution in [0.3, 0.4) is 0 Å². The fraction of sp³-hybridized carbons (Fsp3) is 0.300. The molecule has 2 amide bonds. The van der Waals surface area contributed by atoms with Crippen molar-refractivity contribution in [2.24, 2.45) is 0 Å². The first-order valence-corrected chi connectivity index (χ1v) is 8.97. The predicted octanol–water partition coefficient (Wildman–Crippen LogP) is 4.38. The number of amides is 2. The van der Waals surface area contributed by atoms with Crippen molar-refractivity contribution in [3.8, 4) is 0 Å². The van der Waals surface area contributed by atoms with Gasteiger partial charge in [-0.25, -0.2) is 0 Å². The van der Waals surface area contributed by atoms with Crippen LogP contribution in [0, 0.1) is 13.8 Å². The Labute approximate surface area is 159 Å². The molecule has 26 heavy (non-hydrogen) atoms. The van der Waals surface area contributed by atoms with E-state index in [1.165, 1.54) is 0 Å². The maximum atomic E-state index is 12.2. The lowest BCUT2D eigenvalue weighted by molar-refractivity contribution is -0.133. The number of halogens is 1. The van der Waals surface area contributed by atoms with E-state index >= 15 is 0 Å². The Kier molecular flexibility index (Phi) is 6.64. The second kappa shape index (κ2) is 8.72. The number of anilines is 3. The number of hydrogen-bond donors (Lipinski definition) is 2. The summed E-state index contributed by atoms with van der Waals surface area (Å²) in [5.41, 5.74) is 3.88. The van der Waals surface area contributed by atoms with Crippen molar-refractivity contribution in [2.45, 2.75) is 27.7 Å². The molecule has 0 radical (unpaired) electrons. The van der Waals surface area contributed by atoms with Gasteiger partial charge in [0.2, 0.25) is 0 Å². The Balaban J connectivity index is 2.05. The number of hydrogen-bond acceptors (Lipinski definition) is 3. The molecule has 0 unspecified atom stereocenters. The molecule has 2 aromatic rings. The zero-order valence-corrected chi connectivity index (χ0v) is 16.3. The average molecular weight is 374 g/mol. The number of benzene rings is 2. The first-order chi connectivity index (χ1) is 12.3. The summed E-state index contributed by atoms with van der Waals surface area (Å²) in [7, 11) is 0. The third-order valence-corrected chi connectivity index (χ3v) is 4.43. The number of nitrogens with zero attached hydrogens (tertiary/aromatic N) is 1. The van der Waals surface area contributed by atoms with Crippen LogP contribution >= 0.6 is 11.6 Å². The molecule has 0 heterocycles. The molecule has 2 aromatic carbocycles. The summed E-state index contributed by atoms with van der Waals surface area (Å²) in [6, 6.07) is 11.0. The van der Waals surface area contributed by atoms with E-state index in [4.69, 9.17) is 11.6 Å². The summed E-state index contributed by atoms with van der Waals surface area (Å²) < 4.78 is 0. The van der Waals surface area contributed by atoms with Crippen LogP contribution in [0.1, 0.15) is 25.0 Å². The number of aryl methyl sites for hydroxylation is 2. The third-order valence-electron chi connectivity index (χ3n) is 4.13. The fourth-order valence-electron chi connectivity index (χ4n) is 2.78.